The molecule has 22 heavy (non-hydrogen) atoms. The lowest BCUT2D eigenvalue weighted by molar-refractivity contribution is 0.0525. The van der Waals surface area contributed by atoms with Gasteiger partial charge in [-0.1, -0.05) is 6.07 Å². The van der Waals surface area contributed by atoms with Crippen molar-refractivity contribution in [2.45, 2.75) is 25.7 Å². The molecule has 0 aliphatic heterocycles. The van der Waals surface area contributed by atoms with E-state index in [-0.39, 0.29) is 5.97 Å². The summed E-state index contributed by atoms with van der Waals surface area (Å²) >= 11 is 1.60. The quantitative estimate of drug-likeness (QED) is 0.691. The zero-order valence-electron chi connectivity index (χ0n) is 12.2. The van der Waals surface area contributed by atoms with Gasteiger partial charge in [-0.15, -0.1) is 11.3 Å². The fourth-order valence-electron chi connectivity index (χ4n) is 2.71. The van der Waals surface area contributed by atoms with Gasteiger partial charge in [0.25, 0.3) is 0 Å². The first-order valence-electron chi connectivity index (χ1n) is 7.37. The standard InChI is InChI=1S/C16H15N3O2S/c1-2-21-16(20)11-8-18-19(15(11)10-6-7-10)12-4-3-5-13-14(12)17-9-22-13/h3-5,8-10H,2,6-7H2,1H3. The topological polar surface area (TPSA) is 57.0 Å². The Balaban J connectivity index is 1.89. The summed E-state index contributed by atoms with van der Waals surface area (Å²) in [7, 11) is 0. The van der Waals surface area contributed by atoms with Crippen molar-refractivity contribution in [3.63, 3.8) is 0 Å². The van der Waals surface area contributed by atoms with Crippen molar-refractivity contribution in [1.82, 2.24) is 14.8 Å². The Bertz CT molecular complexity index is 848. The molecule has 0 N–H and O–H groups in total. The molecule has 0 bridgehead atoms. The molecule has 6 heteroatoms. The van der Waals surface area contributed by atoms with E-state index in [1.165, 1.54) is 0 Å². The van der Waals surface area contributed by atoms with Gasteiger partial charge in [0, 0.05) is 5.92 Å². The van der Waals surface area contributed by atoms with Gasteiger partial charge >= 0.3 is 5.97 Å². The van der Waals surface area contributed by atoms with Gasteiger partial charge < -0.3 is 4.74 Å². The van der Waals surface area contributed by atoms with Crippen LogP contribution in [0.1, 0.15) is 41.7 Å². The predicted molar refractivity (Wildman–Crippen MR) is 84.7 cm³/mol. The second kappa shape index (κ2) is 5.21. The molecule has 5 nitrogen and oxygen atoms in total. The summed E-state index contributed by atoms with van der Waals surface area (Å²) < 4.78 is 8.15. The molecular formula is C16H15N3O2S. The van der Waals surface area contributed by atoms with Crippen LogP contribution in [0.2, 0.25) is 0 Å². The minimum Gasteiger partial charge on any atom is -0.462 e. The molecule has 0 unspecified atom stereocenters. The molecule has 0 saturated heterocycles. The Labute approximate surface area is 131 Å². The fraction of sp³-hybridized carbons (Fsp3) is 0.312. The SMILES string of the molecule is CCOC(=O)c1cnn(-c2cccc3scnc23)c1C1CC1. The molecule has 1 fully saturated rings. The van der Waals surface area contributed by atoms with E-state index in [1.807, 2.05) is 35.3 Å². The van der Waals surface area contributed by atoms with Crippen molar-refractivity contribution in [3.05, 3.63) is 41.2 Å². The first-order chi connectivity index (χ1) is 10.8. The van der Waals surface area contributed by atoms with Crippen molar-refractivity contribution in [2.75, 3.05) is 6.61 Å². The molecule has 3 aromatic rings. The Morgan fingerprint density at radius 2 is 2.32 bits per heavy atom. The van der Waals surface area contributed by atoms with Crippen molar-refractivity contribution < 1.29 is 9.53 Å². The predicted octanol–water partition coefficient (Wildman–Crippen LogP) is 3.54. The maximum atomic E-state index is 12.2. The van der Waals surface area contributed by atoms with Crippen molar-refractivity contribution >= 4 is 27.5 Å². The number of rotatable bonds is 4. The Morgan fingerprint density at radius 1 is 1.45 bits per heavy atom. The van der Waals surface area contributed by atoms with Gasteiger partial charge in [-0.2, -0.15) is 5.10 Å². The molecule has 0 spiro atoms. The molecule has 4 rings (SSSR count). The summed E-state index contributed by atoms with van der Waals surface area (Å²) in [4.78, 5) is 16.6. The van der Waals surface area contributed by atoms with E-state index in [1.54, 1.807) is 17.5 Å². The highest BCUT2D eigenvalue weighted by Crippen LogP contribution is 2.43. The van der Waals surface area contributed by atoms with Crippen LogP contribution in [0.25, 0.3) is 15.9 Å². The lowest BCUT2D eigenvalue weighted by Crippen LogP contribution is -2.09. The third-order valence-electron chi connectivity index (χ3n) is 3.83. The van der Waals surface area contributed by atoms with Crippen LogP contribution in [0, 0.1) is 0 Å². The zero-order valence-corrected chi connectivity index (χ0v) is 13.0. The first-order valence-corrected chi connectivity index (χ1v) is 8.25. The Hall–Kier alpha value is -2.21. The van der Waals surface area contributed by atoms with Crippen molar-refractivity contribution in [1.29, 1.82) is 0 Å². The van der Waals surface area contributed by atoms with Crippen LogP contribution >= 0.6 is 11.3 Å². The van der Waals surface area contributed by atoms with E-state index < -0.39 is 0 Å². The third kappa shape index (κ3) is 2.11. The van der Waals surface area contributed by atoms with Gasteiger partial charge in [-0.05, 0) is 31.9 Å². The number of nitrogens with zero attached hydrogens (tertiary/aromatic N) is 3. The van der Waals surface area contributed by atoms with E-state index in [2.05, 4.69) is 10.1 Å². The number of fused-ring (bicyclic) bond motifs is 1. The number of esters is 1. The summed E-state index contributed by atoms with van der Waals surface area (Å²) in [5.74, 6) is 0.0944. The van der Waals surface area contributed by atoms with Crippen LogP contribution in [0.4, 0.5) is 0 Å². The minimum atomic E-state index is -0.291. The molecule has 112 valence electrons. The molecule has 2 aromatic heterocycles. The van der Waals surface area contributed by atoms with E-state index in [0.29, 0.717) is 18.1 Å². The lowest BCUT2D eigenvalue weighted by atomic mass is 10.1. The monoisotopic (exact) mass is 313 g/mol. The molecule has 1 aromatic carbocycles. The number of carbonyl (C=O) groups is 1. The maximum Gasteiger partial charge on any atom is 0.341 e. The Morgan fingerprint density at radius 3 is 3.09 bits per heavy atom. The highest BCUT2D eigenvalue weighted by atomic mass is 32.1. The van der Waals surface area contributed by atoms with E-state index in [4.69, 9.17) is 4.74 Å². The molecule has 0 atom stereocenters. The largest absolute Gasteiger partial charge is 0.462 e. The van der Waals surface area contributed by atoms with Crippen molar-refractivity contribution in [3.8, 4) is 5.69 Å². The van der Waals surface area contributed by atoms with Gasteiger partial charge in [0.2, 0.25) is 0 Å². The number of carbonyl (C=O) groups excluding carboxylic acids is 1. The van der Waals surface area contributed by atoms with E-state index in [9.17, 15) is 4.79 Å². The molecule has 0 radical (unpaired) electrons. The van der Waals surface area contributed by atoms with Crippen LogP contribution in [0.5, 0.6) is 0 Å². The average Bonchev–Trinajstić information content (AvgIpc) is 3.09. The molecule has 1 aliphatic carbocycles. The Kier molecular flexibility index (Phi) is 3.18. The highest BCUT2D eigenvalue weighted by molar-refractivity contribution is 7.16. The molecule has 1 saturated carbocycles. The molecular weight excluding hydrogens is 298 g/mol. The molecule has 1 aliphatic rings. The van der Waals surface area contributed by atoms with Crippen LogP contribution < -0.4 is 0 Å². The average molecular weight is 313 g/mol. The lowest BCUT2D eigenvalue weighted by Gasteiger charge is -2.09. The first kappa shape index (κ1) is 13.5. The van der Waals surface area contributed by atoms with Crippen LogP contribution in [0.15, 0.2) is 29.9 Å². The van der Waals surface area contributed by atoms with Crippen LogP contribution in [-0.2, 0) is 4.74 Å². The third-order valence-corrected chi connectivity index (χ3v) is 4.63. The van der Waals surface area contributed by atoms with Gasteiger partial charge in [0.1, 0.15) is 11.1 Å². The number of ether oxygens (including phenoxy) is 1. The van der Waals surface area contributed by atoms with Crippen LogP contribution in [-0.4, -0.2) is 27.3 Å². The number of benzene rings is 1. The number of hydrogen-bond donors (Lipinski definition) is 0. The van der Waals surface area contributed by atoms with Crippen LogP contribution in [0.3, 0.4) is 0 Å². The van der Waals surface area contributed by atoms with E-state index in [0.717, 1.165) is 34.4 Å². The zero-order chi connectivity index (χ0) is 15.1. The smallest absolute Gasteiger partial charge is 0.341 e. The summed E-state index contributed by atoms with van der Waals surface area (Å²) in [6.07, 6.45) is 3.80. The molecule has 2 heterocycles. The van der Waals surface area contributed by atoms with E-state index >= 15 is 0 Å². The number of para-hydroxylation sites is 1. The second-order valence-corrected chi connectivity index (χ2v) is 6.21. The van der Waals surface area contributed by atoms with Gasteiger partial charge in [-0.25, -0.2) is 14.5 Å². The maximum absolute atomic E-state index is 12.2. The highest BCUT2D eigenvalue weighted by Gasteiger charge is 2.33. The molecule has 0 amide bonds. The van der Waals surface area contributed by atoms with Crippen molar-refractivity contribution in [2.24, 2.45) is 0 Å². The number of hydrogen-bond acceptors (Lipinski definition) is 5. The number of thiazole rings is 1. The minimum absolute atomic E-state index is 0.291. The number of aromatic nitrogens is 3. The summed E-state index contributed by atoms with van der Waals surface area (Å²) in [6, 6.07) is 6.04. The van der Waals surface area contributed by atoms with Gasteiger partial charge in [0.15, 0.2) is 0 Å². The summed E-state index contributed by atoms with van der Waals surface area (Å²) in [5, 5.41) is 4.46. The summed E-state index contributed by atoms with van der Waals surface area (Å²) in [5.41, 5.74) is 5.22. The fourth-order valence-corrected chi connectivity index (χ4v) is 3.41. The second-order valence-electron chi connectivity index (χ2n) is 5.33. The normalized spacial score (nSPS) is 14.4. The summed E-state index contributed by atoms with van der Waals surface area (Å²) in [6.45, 7) is 2.19. The van der Waals surface area contributed by atoms with Gasteiger partial charge in [-0.3, -0.25) is 0 Å². The van der Waals surface area contributed by atoms with Gasteiger partial charge in [0.05, 0.1) is 34.4 Å².